The van der Waals surface area contributed by atoms with Crippen LogP contribution < -0.4 is 5.56 Å². The van der Waals surface area contributed by atoms with E-state index < -0.39 is 29.1 Å². The van der Waals surface area contributed by atoms with Gasteiger partial charge in [-0.25, -0.2) is 14.4 Å². The van der Waals surface area contributed by atoms with Crippen LogP contribution in [-0.2, 0) is 16.0 Å². The van der Waals surface area contributed by atoms with Crippen LogP contribution in [0.15, 0.2) is 77.6 Å². The molecule has 0 aliphatic rings. The summed E-state index contributed by atoms with van der Waals surface area (Å²) in [6.45, 7) is 5.35. The average Bonchev–Trinajstić information content (AvgIpc) is 2.89. The molecule has 194 valence electrons. The Balaban J connectivity index is 1.93. The van der Waals surface area contributed by atoms with Gasteiger partial charge in [0, 0.05) is 10.9 Å². The van der Waals surface area contributed by atoms with Crippen molar-refractivity contribution in [3.05, 3.63) is 106 Å². The SMILES string of the molecule is COC(=O)c1c(-c2ccccc2)c2cc(C(=O)O)ccc2c(=O)n1Cc1ccc(C(=O)OC(C)(C)C)cc1. The molecule has 8 heteroatoms. The second kappa shape index (κ2) is 10.3. The third-order valence-corrected chi connectivity index (χ3v) is 5.89. The van der Waals surface area contributed by atoms with Gasteiger partial charge in [0.15, 0.2) is 0 Å². The number of carbonyl (C=O) groups is 3. The number of carbonyl (C=O) groups excluding carboxylic acids is 2. The second-order valence-electron chi connectivity index (χ2n) is 9.74. The van der Waals surface area contributed by atoms with Crippen LogP contribution in [0.3, 0.4) is 0 Å². The number of carboxylic acids is 1. The maximum Gasteiger partial charge on any atom is 0.355 e. The molecule has 3 aromatic carbocycles. The summed E-state index contributed by atoms with van der Waals surface area (Å²) in [4.78, 5) is 51.0. The van der Waals surface area contributed by atoms with Crippen LogP contribution in [0.2, 0.25) is 0 Å². The van der Waals surface area contributed by atoms with Crippen LogP contribution >= 0.6 is 0 Å². The monoisotopic (exact) mass is 513 g/mol. The van der Waals surface area contributed by atoms with E-state index in [9.17, 15) is 24.3 Å². The van der Waals surface area contributed by atoms with Crippen LogP contribution in [0.4, 0.5) is 0 Å². The van der Waals surface area contributed by atoms with Gasteiger partial charge in [0.1, 0.15) is 11.3 Å². The Morgan fingerprint density at radius 3 is 2.05 bits per heavy atom. The highest BCUT2D eigenvalue weighted by molar-refractivity contribution is 6.08. The van der Waals surface area contributed by atoms with E-state index in [0.717, 1.165) is 0 Å². The number of benzene rings is 3. The molecule has 1 heterocycles. The number of hydrogen-bond donors (Lipinski definition) is 1. The van der Waals surface area contributed by atoms with Gasteiger partial charge in [0.25, 0.3) is 5.56 Å². The zero-order valence-electron chi connectivity index (χ0n) is 21.5. The smallest absolute Gasteiger partial charge is 0.355 e. The fourth-order valence-corrected chi connectivity index (χ4v) is 4.20. The number of nitrogens with zero attached hydrogens (tertiary/aromatic N) is 1. The standard InChI is InChI=1S/C30H27NO7/c1-30(2,3)38-28(35)20-12-10-18(11-13-20)17-31-25(29(36)37-4)24(19-8-6-5-7-9-19)23-16-21(27(33)34)14-15-22(23)26(31)32/h5-16H,17H2,1-4H3,(H,33,34). The molecule has 0 fully saturated rings. The molecule has 0 unspecified atom stereocenters. The van der Waals surface area contributed by atoms with Gasteiger partial charge in [-0.05, 0) is 67.6 Å². The van der Waals surface area contributed by atoms with Gasteiger partial charge >= 0.3 is 17.9 Å². The van der Waals surface area contributed by atoms with Crippen molar-refractivity contribution in [2.75, 3.05) is 7.11 Å². The van der Waals surface area contributed by atoms with E-state index in [1.165, 1.54) is 29.9 Å². The van der Waals surface area contributed by atoms with Crippen LogP contribution in [0.5, 0.6) is 0 Å². The van der Waals surface area contributed by atoms with Gasteiger partial charge in [-0.2, -0.15) is 0 Å². The third-order valence-electron chi connectivity index (χ3n) is 5.89. The number of fused-ring (bicyclic) bond motifs is 1. The summed E-state index contributed by atoms with van der Waals surface area (Å²) in [5.74, 6) is -2.36. The van der Waals surface area contributed by atoms with Crippen LogP contribution in [-0.4, -0.2) is 40.3 Å². The summed E-state index contributed by atoms with van der Waals surface area (Å²) in [5, 5.41) is 10.2. The normalized spacial score (nSPS) is 11.3. The lowest BCUT2D eigenvalue weighted by atomic mass is 9.95. The maximum atomic E-state index is 13.7. The molecule has 0 spiro atoms. The molecule has 0 radical (unpaired) electrons. The summed E-state index contributed by atoms with van der Waals surface area (Å²) in [5.41, 5.74) is 0.885. The lowest BCUT2D eigenvalue weighted by Gasteiger charge is -2.20. The number of ether oxygens (including phenoxy) is 2. The molecule has 0 saturated carbocycles. The fourth-order valence-electron chi connectivity index (χ4n) is 4.20. The first-order chi connectivity index (χ1) is 18.0. The highest BCUT2D eigenvalue weighted by atomic mass is 16.6. The number of esters is 2. The highest BCUT2D eigenvalue weighted by Gasteiger charge is 2.25. The molecule has 38 heavy (non-hydrogen) atoms. The number of carboxylic acid groups (broad SMARTS) is 1. The Bertz CT molecular complexity index is 1590. The summed E-state index contributed by atoms with van der Waals surface area (Å²) in [6, 6.07) is 19.7. The lowest BCUT2D eigenvalue weighted by molar-refractivity contribution is 0.00691. The van der Waals surface area contributed by atoms with Crippen LogP contribution in [0.25, 0.3) is 21.9 Å². The zero-order valence-corrected chi connectivity index (χ0v) is 21.5. The summed E-state index contributed by atoms with van der Waals surface area (Å²) >= 11 is 0. The fraction of sp³-hybridized carbons (Fsp3) is 0.200. The number of hydrogen-bond acceptors (Lipinski definition) is 6. The van der Waals surface area contributed by atoms with Crippen molar-refractivity contribution in [1.29, 1.82) is 0 Å². The van der Waals surface area contributed by atoms with Gasteiger partial charge in [0.2, 0.25) is 0 Å². The molecule has 4 aromatic rings. The highest BCUT2D eigenvalue weighted by Crippen LogP contribution is 2.32. The Morgan fingerprint density at radius 2 is 1.47 bits per heavy atom. The van der Waals surface area contributed by atoms with E-state index >= 15 is 0 Å². The van der Waals surface area contributed by atoms with Crippen molar-refractivity contribution >= 4 is 28.7 Å². The molecular weight excluding hydrogens is 486 g/mol. The molecule has 1 N–H and O–H groups in total. The minimum absolute atomic E-state index is 0.00467. The van der Waals surface area contributed by atoms with Crippen LogP contribution in [0.1, 0.15) is 57.5 Å². The molecule has 8 nitrogen and oxygen atoms in total. The summed E-state index contributed by atoms with van der Waals surface area (Å²) < 4.78 is 11.8. The molecule has 0 saturated heterocycles. The lowest BCUT2D eigenvalue weighted by Crippen LogP contribution is -2.29. The topological polar surface area (TPSA) is 112 Å². The first-order valence-electron chi connectivity index (χ1n) is 11.9. The Kier molecular flexibility index (Phi) is 7.17. The van der Waals surface area contributed by atoms with E-state index in [2.05, 4.69) is 0 Å². The predicted molar refractivity (Wildman–Crippen MR) is 143 cm³/mol. The van der Waals surface area contributed by atoms with Gasteiger partial charge in [0.05, 0.1) is 24.8 Å². The zero-order chi connectivity index (χ0) is 27.6. The van der Waals surface area contributed by atoms with Crippen molar-refractivity contribution in [1.82, 2.24) is 4.57 Å². The number of aromatic carboxylic acids is 1. The molecule has 0 amide bonds. The minimum Gasteiger partial charge on any atom is -0.478 e. The Hall–Kier alpha value is -4.72. The molecular formula is C30H27NO7. The Labute approximate surface area is 219 Å². The second-order valence-corrected chi connectivity index (χ2v) is 9.74. The van der Waals surface area contributed by atoms with Crippen molar-refractivity contribution in [2.45, 2.75) is 32.9 Å². The average molecular weight is 514 g/mol. The van der Waals surface area contributed by atoms with E-state index in [4.69, 9.17) is 9.47 Å². The quantitative estimate of drug-likeness (QED) is 0.355. The predicted octanol–water partition coefficient (Wildman–Crippen LogP) is 5.16. The molecule has 0 aliphatic carbocycles. The minimum atomic E-state index is -1.15. The number of methoxy groups -OCH3 is 1. The number of aromatic nitrogens is 1. The number of rotatable bonds is 6. The van der Waals surface area contributed by atoms with E-state index in [1.54, 1.807) is 69.3 Å². The molecule has 0 atom stereocenters. The van der Waals surface area contributed by atoms with Crippen molar-refractivity contribution in [3.63, 3.8) is 0 Å². The van der Waals surface area contributed by atoms with Crippen molar-refractivity contribution < 1.29 is 29.0 Å². The molecule has 0 bridgehead atoms. The first kappa shape index (κ1) is 26.3. The number of pyridine rings is 1. The Morgan fingerprint density at radius 1 is 0.842 bits per heavy atom. The third kappa shape index (κ3) is 5.34. The summed E-state index contributed by atoms with van der Waals surface area (Å²) in [6.07, 6.45) is 0. The largest absolute Gasteiger partial charge is 0.478 e. The van der Waals surface area contributed by atoms with E-state index in [1.807, 2.05) is 6.07 Å². The van der Waals surface area contributed by atoms with Crippen molar-refractivity contribution in [2.24, 2.45) is 0 Å². The molecule has 4 rings (SSSR count). The van der Waals surface area contributed by atoms with Gasteiger partial charge in [-0.1, -0.05) is 42.5 Å². The van der Waals surface area contributed by atoms with Crippen LogP contribution in [0, 0.1) is 0 Å². The maximum absolute atomic E-state index is 13.7. The van der Waals surface area contributed by atoms with Gasteiger partial charge in [-0.15, -0.1) is 0 Å². The van der Waals surface area contributed by atoms with Crippen molar-refractivity contribution in [3.8, 4) is 11.1 Å². The van der Waals surface area contributed by atoms with E-state index in [0.29, 0.717) is 27.6 Å². The molecule has 1 aromatic heterocycles. The summed E-state index contributed by atoms with van der Waals surface area (Å²) in [7, 11) is 1.22. The van der Waals surface area contributed by atoms with E-state index in [-0.39, 0.29) is 23.2 Å². The first-order valence-corrected chi connectivity index (χ1v) is 11.9. The molecule has 0 aliphatic heterocycles. The van der Waals surface area contributed by atoms with Gasteiger partial charge < -0.3 is 14.6 Å². The van der Waals surface area contributed by atoms with Gasteiger partial charge in [-0.3, -0.25) is 9.36 Å².